The molecular formula is C14H20N2O4. The first kappa shape index (κ1) is 15.8. The summed E-state index contributed by atoms with van der Waals surface area (Å²) < 4.78 is 0. The molecule has 0 atom stereocenters. The molecule has 0 bridgehead atoms. The number of carboxylic acid groups (broad SMARTS) is 1. The first-order valence-electron chi connectivity index (χ1n) is 6.18. The summed E-state index contributed by atoms with van der Waals surface area (Å²) in [6.07, 6.45) is 0. The molecule has 1 rings (SSSR count). The van der Waals surface area contributed by atoms with Crippen LogP contribution in [0.2, 0.25) is 0 Å². The summed E-state index contributed by atoms with van der Waals surface area (Å²) in [6.45, 7) is 6.60. The number of carbonyl (C=O) groups excluding carboxylic acids is 1. The van der Waals surface area contributed by atoms with Crippen LogP contribution in [0.15, 0.2) is 18.2 Å². The van der Waals surface area contributed by atoms with Gasteiger partial charge in [-0.1, -0.05) is 20.8 Å². The van der Waals surface area contributed by atoms with Crippen molar-refractivity contribution in [1.29, 1.82) is 0 Å². The van der Waals surface area contributed by atoms with Gasteiger partial charge in [0.2, 0.25) is 0 Å². The molecule has 3 N–H and O–H groups in total. The first-order chi connectivity index (χ1) is 9.10. The van der Waals surface area contributed by atoms with Gasteiger partial charge in [0.15, 0.2) is 0 Å². The minimum atomic E-state index is -1.25. The highest BCUT2D eigenvalue weighted by molar-refractivity contribution is 5.95. The molecule has 0 spiro atoms. The number of phenols is 1. The molecule has 0 saturated heterocycles. The molecule has 0 aliphatic carbocycles. The van der Waals surface area contributed by atoms with Crippen molar-refractivity contribution in [2.24, 2.45) is 5.41 Å². The maximum absolute atomic E-state index is 12.0. The summed E-state index contributed by atoms with van der Waals surface area (Å²) in [6, 6.07) is 3.58. The SMILES string of the molecule is CN(CC(C)(C)C)C(=O)Nc1ccc(O)c(C(=O)O)c1. The molecule has 6 heteroatoms. The lowest BCUT2D eigenvalue weighted by Gasteiger charge is -2.26. The van der Waals surface area contributed by atoms with Gasteiger partial charge in [-0.3, -0.25) is 0 Å². The van der Waals surface area contributed by atoms with E-state index in [1.165, 1.54) is 23.1 Å². The Labute approximate surface area is 118 Å². The number of nitrogens with one attached hydrogen (secondary N) is 1. The second kappa shape index (κ2) is 5.81. The number of carboxylic acids is 1. The zero-order valence-corrected chi connectivity index (χ0v) is 12.1. The van der Waals surface area contributed by atoms with Gasteiger partial charge in [0, 0.05) is 19.3 Å². The smallest absolute Gasteiger partial charge is 0.339 e. The second-order valence-electron chi connectivity index (χ2n) is 5.88. The van der Waals surface area contributed by atoms with Crippen LogP contribution in [0.5, 0.6) is 5.75 Å². The Morgan fingerprint density at radius 3 is 2.40 bits per heavy atom. The second-order valence-corrected chi connectivity index (χ2v) is 5.88. The highest BCUT2D eigenvalue weighted by atomic mass is 16.4. The number of anilines is 1. The standard InChI is InChI=1S/C14H20N2O4/c1-14(2,3)8-16(4)13(20)15-9-5-6-11(17)10(7-9)12(18)19/h5-7,17H,8H2,1-4H3,(H,15,20)(H,18,19). The van der Waals surface area contributed by atoms with Crippen LogP contribution in [0, 0.1) is 5.41 Å². The van der Waals surface area contributed by atoms with Crippen LogP contribution >= 0.6 is 0 Å². The normalized spacial score (nSPS) is 11.0. The summed E-state index contributed by atoms with van der Waals surface area (Å²) in [5.74, 6) is -1.58. The maximum atomic E-state index is 12.0. The molecule has 1 aromatic carbocycles. The topological polar surface area (TPSA) is 89.9 Å². The Balaban J connectivity index is 2.81. The maximum Gasteiger partial charge on any atom is 0.339 e. The van der Waals surface area contributed by atoms with E-state index in [-0.39, 0.29) is 22.8 Å². The van der Waals surface area contributed by atoms with Crippen LogP contribution in [0.4, 0.5) is 10.5 Å². The molecule has 1 aromatic rings. The first-order valence-corrected chi connectivity index (χ1v) is 6.18. The summed E-state index contributed by atoms with van der Waals surface area (Å²) in [5, 5.41) is 20.9. The third-order valence-corrected chi connectivity index (χ3v) is 2.54. The molecule has 0 aliphatic heterocycles. The summed E-state index contributed by atoms with van der Waals surface area (Å²) in [7, 11) is 1.67. The van der Waals surface area contributed by atoms with Crippen LogP contribution in [0.3, 0.4) is 0 Å². The van der Waals surface area contributed by atoms with Crippen molar-refractivity contribution in [3.63, 3.8) is 0 Å². The molecule has 0 radical (unpaired) electrons. The predicted octanol–water partition coefficient (Wildman–Crippen LogP) is 2.60. The molecule has 20 heavy (non-hydrogen) atoms. The molecule has 6 nitrogen and oxygen atoms in total. The van der Waals surface area contributed by atoms with Crippen molar-refractivity contribution in [2.75, 3.05) is 18.9 Å². The van der Waals surface area contributed by atoms with Crippen LogP contribution in [0.1, 0.15) is 31.1 Å². The number of carbonyl (C=O) groups is 2. The van der Waals surface area contributed by atoms with Crippen LogP contribution in [0.25, 0.3) is 0 Å². The lowest BCUT2D eigenvalue weighted by Crippen LogP contribution is -2.37. The molecule has 0 fully saturated rings. The summed E-state index contributed by atoms with van der Waals surface area (Å²) in [4.78, 5) is 24.4. The number of nitrogens with zero attached hydrogens (tertiary/aromatic N) is 1. The summed E-state index contributed by atoms with van der Waals surface area (Å²) in [5.41, 5.74) is 0.0417. The van der Waals surface area contributed by atoms with E-state index in [4.69, 9.17) is 5.11 Å². The van der Waals surface area contributed by atoms with Gasteiger partial charge in [0.05, 0.1) is 0 Å². The lowest BCUT2D eigenvalue weighted by atomic mass is 9.96. The minimum absolute atomic E-state index is 0.0345. The van der Waals surface area contributed by atoms with Crippen molar-refractivity contribution in [1.82, 2.24) is 4.90 Å². The van der Waals surface area contributed by atoms with E-state index in [1.54, 1.807) is 7.05 Å². The fraction of sp³-hybridized carbons (Fsp3) is 0.429. The largest absolute Gasteiger partial charge is 0.507 e. The lowest BCUT2D eigenvalue weighted by molar-refractivity contribution is 0.0693. The van der Waals surface area contributed by atoms with E-state index >= 15 is 0 Å². The zero-order chi connectivity index (χ0) is 15.5. The average Bonchev–Trinajstić information content (AvgIpc) is 2.28. The predicted molar refractivity (Wildman–Crippen MR) is 76.2 cm³/mol. The fourth-order valence-electron chi connectivity index (χ4n) is 1.79. The van der Waals surface area contributed by atoms with Crippen molar-refractivity contribution >= 4 is 17.7 Å². The molecule has 0 heterocycles. The fourth-order valence-corrected chi connectivity index (χ4v) is 1.79. The van der Waals surface area contributed by atoms with Crippen LogP contribution in [-0.4, -0.2) is 40.7 Å². The van der Waals surface area contributed by atoms with Crippen molar-refractivity contribution in [3.05, 3.63) is 23.8 Å². The number of rotatable bonds is 3. The molecular weight excluding hydrogens is 260 g/mol. The van der Waals surface area contributed by atoms with Gasteiger partial charge in [-0.2, -0.15) is 0 Å². The Hall–Kier alpha value is -2.24. The molecule has 2 amide bonds. The number of aromatic carboxylic acids is 1. The van der Waals surface area contributed by atoms with Crippen molar-refractivity contribution in [2.45, 2.75) is 20.8 Å². The quantitative estimate of drug-likeness (QED) is 0.742. The van der Waals surface area contributed by atoms with Gasteiger partial charge >= 0.3 is 12.0 Å². The van der Waals surface area contributed by atoms with Gasteiger partial charge in [0.25, 0.3) is 0 Å². The van der Waals surface area contributed by atoms with Crippen molar-refractivity contribution in [3.8, 4) is 5.75 Å². The van der Waals surface area contributed by atoms with Crippen molar-refractivity contribution < 1.29 is 19.8 Å². The number of urea groups is 1. The molecule has 0 aromatic heterocycles. The van der Waals surface area contributed by atoms with E-state index in [2.05, 4.69) is 5.32 Å². The van der Waals surface area contributed by atoms with E-state index in [9.17, 15) is 14.7 Å². The molecule has 0 unspecified atom stereocenters. The number of benzene rings is 1. The number of hydrogen-bond donors (Lipinski definition) is 3. The Kier molecular flexibility index (Phi) is 4.60. The third-order valence-electron chi connectivity index (χ3n) is 2.54. The third kappa shape index (κ3) is 4.46. The van der Waals surface area contributed by atoms with Gasteiger partial charge < -0.3 is 20.4 Å². The van der Waals surface area contributed by atoms with Crippen LogP contribution < -0.4 is 5.32 Å². The van der Waals surface area contributed by atoms with Crippen LogP contribution in [-0.2, 0) is 0 Å². The van der Waals surface area contributed by atoms with E-state index in [1.807, 2.05) is 20.8 Å². The molecule has 0 saturated carbocycles. The highest BCUT2D eigenvalue weighted by Gasteiger charge is 2.18. The Bertz CT molecular complexity index is 520. The van der Waals surface area contributed by atoms with Gasteiger partial charge in [0.1, 0.15) is 11.3 Å². The van der Waals surface area contributed by atoms with Gasteiger partial charge in [-0.25, -0.2) is 9.59 Å². The van der Waals surface area contributed by atoms with E-state index in [0.717, 1.165) is 0 Å². The zero-order valence-electron chi connectivity index (χ0n) is 12.1. The molecule has 0 aliphatic rings. The Morgan fingerprint density at radius 2 is 1.90 bits per heavy atom. The number of hydrogen-bond acceptors (Lipinski definition) is 3. The summed E-state index contributed by atoms with van der Waals surface area (Å²) >= 11 is 0. The number of aromatic hydroxyl groups is 1. The minimum Gasteiger partial charge on any atom is -0.507 e. The number of amides is 2. The van der Waals surface area contributed by atoms with E-state index in [0.29, 0.717) is 12.2 Å². The monoisotopic (exact) mass is 280 g/mol. The molecule has 110 valence electrons. The van der Waals surface area contributed by atoms with E-state index < -0.39 is 5.97 Å². The van der Waals surface area contributed by atoms with Gasteiger partial charge in [-0.05, 0) is 23.6 Å². The van der Waals surface area contributed by atoms with Gasteiger partial charge in [-0.15, -0.1) is 0 Å². The average molecular weight is 280 g/mol. The Morgan fingerprint density at radius 1 is 1.30 bits per heavy atom. The highest BCUT2D eigenvalue weighted by Crippen LogP contribution is 2.22.